The largest absolute Gasteiger partial charge is 0.497 e. The highest BCUT2D eigenvalue weighted by molar-refractivity contribution is 5.78. The molecule has 1 aromatic carbocycles. The van der Waals surface area contributed by atoms with Gasteiger partial charge in [0.05, 0.1) is 7.11 Å². The average Bonchev–Trinajstić information content (AvgIpc) is 3.15. The highest BCUT2D eigenvalue weighted by Crippen LogP contribution is 2.20. The minimum Gasteiger partial charge on any atom is -0.497 e. The number of aryl methyl sites for hydroxylation is 1. The van der Waals surface area contributed by atoms with Crippen molar-refractivity contribution in [2.75, 3.05) is 20.2 Å². The Labute approximate surface area is 158 Å². The van der Waals surface area contributed by atoms with Crippen molar-refractivity contribution in [1.29, 1.82) is 0 Å². The molecule has 0 aliphatic heterocycles. The maximum atomic E-state index is 11.8. The lowest BCUT2D eigenvalue weighted by atomic mass is 10.2. The monoisotopic (exact) mass is 374 g/mol. The van der Waals surface area contributed by atoms with Gasteiger partial charge in [0.15, 0.2) is 0 Å². The normalized spacial score (nSPS) is 10.4. The molecule has 146 valence electrons. The van der Waals surface area contributed by atoms with Crippen LogP contribution in [0.15, 0.2) is 28.8 Å². The van der Waals surface area contributed by atoms with Gasteiger partial charge in [-0.05, 0) is 37.1 Å². The Morgan fingerprint density at radius 2 is 1.78 bits per heavy atom. The first kappa shape index (κ1) is 20.4. The quantitative estimate of drug-likeness (QED) is 0.624. The van der Waals surface area contributed by atoms with Crippen LogP contribution in [0.1, 0.15) is 38.5 Å². The molecule has 1 heterocycles. The molecule has 2 N–H and O–H groups in total. The standard InChI is InChI=1S/C19H26N4O4/c1-3-12-20-17(25)11-13-21-16(24)5-4-6-18-22-19(23-27-18)14-7-9-15(26-2)10-8-14/h7-10H,3-6,11-13H2,1-2H3,(H,20,25)(H,21,24). The van der Waals surface area contributed by atoms with E-state index in [1.54, 1.807) is 7.11 Å². The second-order valence-corrected chi connectivity index (χ2v) is 6.04. The molecule has 0 aliphatic rings. The van der Waals surface area contributed by atoms with Crippen LogP contribution in [0.25, 0.3) is 11.4 Å². The van der Waals surface area contributed by atoms with Gasteiger partial charge in [-0.1, -0.05) is 12.1 Å². The second kappa shape index (κ2) is 10.9. The van der Waals surface area contributed by atoms with Gasteiger partial charge in [-0.15, -0.1) is 0 Å². The molecule has 8 heteroatoms. The summed E-state index contributed by atoms with van der Waals surface area (Å²) in [7, 11) is 1.61. The summed E-state index contributed by atoms with van der Waals surface area (Å²) in [6, 6.07) is 7.38. The molecule has 1 aromatic heterocycles. The van der Waals surface area contributed by atoms with Gasteiger partial charge in [-0.25, -0.2) is 0 Å². The lowest BCUT2D eigenvalue weighted by Crippen LogP contribution is -2.30. The van der Waals surface area contributed by atoms with E-state index >= 15 is 0 Å². The van der Waals surface area contributed by atoms with E-state index in [9.17, 15) is 9.59 Å². The summed E-state index contributed by atoms with van der Waals surface area (Å²) in [6.45, 7) is 3.00. The van der Waals surface area contributed by atoms with Crippen LogP contribution in [0, 0.1) is 0 Å². The molecule has 8 nitrogen and oxygen atoms in total. The van der Waals surface area contributed by atoms with Crippen LogP contribution in [0.3, 0.4) is 0 Å². The Hall–Kier alpha value is -2.90. The molecule has 2 rings (SSSR count). The van der Waals surface area contributed by atoms with Gasteiger partial charge in [-0.3, -0.25) is 9.59 Å². The van der Waals surface area contributed by atoms with Crippen LogP contribution in [-0.4, -0.2) is 42.2 Å². The molecule has 2 aromatic rings. The molecule has 0 spiro atoms. The molecule has 0 bridgehead atoms. The summed E-state index contributed by atoms with van der Waals surface area (Å²) < 4.78 is 10.4. The van der Waals surface area contributed by atoms with Gasteiger partial charge < -0.3 is 19.9 Å². The fraction of sp³-hybridized carbons (Fsp3) is 0.474. The maximum absolute atomic E-state index is 11.8. The van der Waals surface area contributed by atoms with Crippen LogP contribution in [-0.2, 0) is 16.0 Å². The number of nitrogens with zero attached hydrogens (tertiary/aromatic N) is 2. The Morgan fingerprint density at radius 1 is 1.07 bits per heavy atom. The predicted octanol–water partition coefficient (Wildman–Crippen LogP) is 2.10. The van der Waals surface area contributed by atoms with Crippen molar-refractivity contribution in [3.8, 4) is 17.1 Å². The number of amides is 2. The number of nitrogens with one attached hydrogen (secondary N) is 2. The average molecular weight is 374 g/mol. The van der Waals surface area contributed by atoms with Crippen molar-refractivity contribution in [2.24, 2.45) is 0 Å². The van der Waals surface area contributed by atoms with Crippen LogP contribution in [0.2, 0.25) is 0 Å². The zero-order valence-corrected chi connectivity index (χ0v) is 15.8. The van der Waals surface area contributed by atoms with E-state index in [1.165, 1.54) is 0 Å². The van der Waals surface area contributed by atoms with Crippen molar-refractivity contribution >= 4 is 11.8 Å². The fourth-order valence-electron chi connectivity index (χ4n) is 2.37. The smallest absolute Gasteiger partial charge is 0.226 e. The maximum Gasteiger partial charge on any atom is 0.226 e. The van der Waals surface area contributed by atoms with E-state index in [0.29, 0.717) is 50.5 Å². The van der Waals surface area contributed by atoms with Crippen LogP contribution >= 0.6 is 0 Å². The third-order valence-electron chi connectivity index (χ3n) is 3.86. The number of carbonyl (C=O) groups is 2. The molecular weight excluding hydrogens is 348 g/mol. The van der Waals surface area contributed by atoms with Gasteiger partial charge in [0.25, 0.3) is 0 Å². The van der Waals surface area contributed by atoms with Crippen molar-refractivity contribution < 1.29 is 18.8 Å². The molecule has 0 saturated heterocycles. The highest BCUT2D eigenvalue weighted by Gasteiger charge is 2.10. The van der Waals surface area contributed by atoms with E-state index < -0.39 is 0 Å². The zero-order chi connectivity index (χ0) is 19.5. The molecule has 0 saturated carbocycles. The van der Waals surface area contributed by atoms with E-state index in [4.69, 9.17) is 9.26 Å². The van der Waals surface area contributed by atoms with Crippen LogP contribution in [0.5, 0.6) is 5.75 Å². The third kappa shape index (κ3) is 7.08. The van der Waals surface area contributed by atoms with E-state index in [2.05, 4.69) is 20.8 Å². The van der Waals surface area contributed by atoms with Crippen molar-refractivity contribution in [3.63, 3.8) is 0 Å². The Morgan fingerprint density at radius 3 is 2.48 bits per heavy atom. The van der Waals surface area contributed by atoms with Gasteiger partial charge in [0, 0.05) is 37.9 Å². The Balaban J connectivity index is 1.67. The number of ether oxygens (including phenoxy) is 1. The van der Waals surface area contributed by atoms with Gasteiger partial charge >= 0.3 is 0 Å². The molecular formula is C19H26N4O4. The zero-order valence-electron chi connectivity index (χ0n) is 15.8. The van der Waals surface area contributed by atoms with Crippen molar-refractivity contribution in [3.05, 3.63) is 30.2 Å². The molecule has 0 aliphatic carbocycles. The lowest BCUT2D eigenvalue weighted by Gasteiger charge is -2.05. The minimum absolute atomic E-state index is 0.0472. The summed E-state index contributed by atoms with van der Waals surface area (Å²) in [5.74, 6) is 1.63. The van der Waals surface area contributed by atoms with Gasteiger partial charge in [-0.2, -0.15) is 4.98 Å². The first-order chi connectivity index (χ1) is 13.1. The number of methoxy groups -OCH3 is 1. The van der Waals surface area contributed by atoms with E-state index in [-0.39, 0.29) is 11.8 Å². The number of carbonyl (C=O) groups excluding carboxylic acids is 2. The summed E-state index contributed by atoms with van der Waals surface area (Å²) in [6.07, 6.45) is 2.65. The van der Waals surface area contributed by atoms with Crippen molar-refractivity contribution in [1.82, 2.24) is 20.8 Å². The topological polar surface area (TPSA) is 106 Å². The first-order valence-electron chi connectivity index (χ1n) is 9.12. The van der Waals surface area contributed by atoms with Gasteiger partial charge in [0.1, 0.15) is 5.75 Å². The highest BCUT2D eigenvalue weighted by atomic mass is 16.5. The van der Waals surface area contributed by atoms with Crippen molar-refractivity contribution in [2.45, 2.75) is 39.0 Å². The second-order valence-electron chi connectivity index (χ2n) is 6.04. The fourth-order valence-corrected chi connectivity index (χ4v) is 2.37. The van der Waals surface area contributed by atoms with E-state index in [1.807, 2.05) is 31.2 Å². The predicted molar refractivity (Wildman–Crippen MR) is 100 cm³/mol. The number of hydrogen-bond donors (Lipinski definition) is 2. The summed E-state index contributed by atoms with van der Waals surface area (Å²) in [5, 5.41) is 9.47. The molecule has 2 amide bonds. The summed E-state index contributed by atoms with van der Waals surface area (Å²) >= 11 is 0. The number of hydrogen-bond acceptors (Lipinski definition) is 6. The molecule has 0 atom stereocenters. The number of benzene rings is 1. The minimum atomic E-state index is -0.0896. The van der Waals surface area contributed by atoms with Crippen LogP contribution < -0.4 is 15.4 Å². The SMILES string of the molecule is CCCNC(=O)CCNC(=O)CCCc1nc(-c2ccc(OC)cc2)no1. The van der Waals surface area contributed by atoms with Gasteiger partial charge in [0.2, 0.25) is 23.5 Å². The van der Waals surface area contributed by atoms with E-state index in [0.717, 1.165) is 17.7 Å². The molecule has 0 fully saturated rings. The molecule has 0 unspecified atom stereocenters. The number of rotatable bonds is 11. The molecule has 0 radical (unpaired) electrons. The summed E-state index contributed by atoms with van der Waals surface area (Å²) in [4.78, 5) is 27.6. The number of aromatic nitrogens is 2. The first-order valence-corrected chi connectivity index (χ1v) is 9.12. The Bertz CT molecular complexity index is 728. The third-order valence-corrected chi connectivity index (χ3v) is 3.86. The van der Waals surface area contributed by atoms with Crippen LogP contribution in [0.4, 0.5) is 0 Å². The lowest BCUT2D eigenvalue weighted by molar-refractivity contribution is -0.122. The molecule has 27 heavy (non-hydrogen) atoms. The summed E-state index contributed by atoms with van der Waals surface area (Å²) in [5.41, 5.74) is 0.838. The Kier molecular flexibility index (Phi) is 8.28.